The van der Waals surface area contributed by atoms with Crippen molar-refractivity contribution in [3.8, 4) is 0 Å². The maximum Gasteiger partial charge on any atom is 0.224 e. The van der Waals surface area contributed by atoms with E-state index in [1.54, 1.807) is 6.20 Å². The molecule has 1 saturated heterocycles. The van der Waals surface area contributed by atoms with Crippen molar-refractivity contribution in [1.82, 2.24) is 15.2 Å². The second-order valence-corrected chi connectivity index (χ2v) is 5.53. The highest BCUT2D eigenvalue weighted by Crippen LogP contribution is 2.11. The number of nitrogens with zero attached hydrogens (tertiary/aromatic N) is 2. The molecule has 110 valence electrons. The van der Waals surface area contributed by atoms with E-state index in [4.69, 9.17) is 5.73 Å². The standard InChI is InChI=1S/C15H24N4O/c1-12(11-19-8-3-2-4-9-19)15(20)18-10-13-6-5-7-17-14(13)16/h5-7,12H,2-4,8-11H2,1H3,(H2,16,17)(H,18,20). The fourth-order valence-electron chi connectivity index (χ4n) is 2.57. The van der Waals surface area contributed by atoms with Gasteiger partial charge in [0.2, 0.25) is 5.91 Å². The van der Waals surface area contributed by atoms with Gasteiger partial charge >= 0.3 is 0 Å². The smallest absolute Gasteiger partial charge is 0.224 e. The molecule has 1 aliphatic rings. The van der Waals surface area contributed by atoms with Crippen molar-refractivity contribution in [3.05, 3.63) is 23.9 Å². The summed E-state index contributed by atoms with van der Waals surface area (Å²) >= 11 is 0. The summed E-state index contributed by atoms with van der Waals surface area (Å²) in [5.41, 5.74) is 6.63. The molecule has 2 rings (SSSR count). The van der Waals surface area contributed by atoms with Crippen LogP contribution in [0.3, 0.4) is 0 Å². The van der Waals surface area contributed by atoms with Crippen molar-refractivity contribution in [1.29, 1.82) is 0 Å². The van der Waals surface area contributed by atoms with Crippen LogP contribution in [0.4, 0.5) is 5.82 Å². The number of nitrogens with two attached hydrogens (primary N) is 1. The van der Waals surface area contributed by atoms with Crippen LogP contribution in [-0.2, 0) is 11.3 Å². The van der Waals surface area contributed by atoms with E-state index in [1.165, 1.54) is 19.3 Å². The Balaban J connectivity index is 1.77. The Kier molecular flexibility index (Phi) is 5.35. The quantitative estimate of drug-likeness (QED) is 0.853. The van der Waals surface area contributed by atoms with Crippen LogP contribution in [0.1, 0.15) is 31.7 Å². The zero-order valence-electron chi connectivity index (χ0n) is 12.1. The minimum Gasteiger partial charge on any atom is -0.383 e. The Hall–Kier alpha value is -1.62. The number of amides is 1. The largest absolute Gasteiger partial charge is 0.383 e. The summed E-state index contributed by atoms with van der Waals surface area (Å²) in [6.07, 6.45) is 5.47. The maximum absolute atomic E-state index is 12.1. The molecule has 20 heavy (non-hydrogen) atoms. The van der Waals surface area contributed by atoms with E-state index in [0.29, 0.717) is 12.4 Å². The fourth-order valence-corrected chi connectivity index (χ4v) is 2.57. The van der Waals surface area contributed by atoms with E-state index in [0.717, 1.165) is 25.2 Å². The molecule has 0 radical (unpaired) electrons. The highest BCUT2D eigenvalue weighted by Gasteiger charge is 2.18. The number of pyridine rings is 1. The Morgan fingerprint density at radius 2 is 2.20 bits per heavy atom. The SMILES string of the molecule is CC(CN1CCCCC1)C(=O)NCc1cccnc1N. The third kappa shape index (κ3) is 4.20. The molecule has 1 fully saturated rings. The van der Waals surface area contributed by atoms with Gasteiger partial charge in [0.15, 0.2) is 0 Å². The Labute approximate surface area is 120 Å². The predicted octanol–water partition coefficient (Wildman–Crippen LogP) is 1.40. The zero-order valence-corrected chi connectivity index (χ0v) is 12.1. The van der Waals surface area contributed by atoms with Crippen molar-refractivity contribution in [2.24, 2.45) is 5.92 Å². The number of hydrogen-bond donors (Lipinski definition) is 2. The number of aromatic nitrogens is 1. The highest BCUT2D eigenvalue weighted by atomic mass is 16.1. The molecule has 1 atom stereocenters. The summed E-state index contributed by atoms with van der Waals surface area (Å²) in [6.45, 7) is 5.51. The van der Waals surface area contributed by atoms with Crippen LogP contribution in [-0.4, -0.2) is 35.4 Å². The first-order valence-corrected chi connectivity index (χ1v) is 7.36. The molecule has 2 heterocycles. The number of piperidine rings is 1. The average Bonchev–Trinajstić information content (AvgIpc) is 2.47. The van der Waals surface area contributed by atoms with Crippen molar-refractivity contribution in [2.75, 3.05) is 25.4 Å². The third-order valence-electron chi connectivity index (χ3n) is 3.81. The zero-order chi connectivity index (χ0) is 14.4. The Morgan fingerprint density at radius 3 is 2.90 bits per heavy atom. The summed E-state index contributed by atoms with van der Waals surface area (Å²) in [4.78, 5) is 18.5. The lowest BCUT2D eigenvalue weighted by atomic mass is 10.1. The van der Waals surface area contributed by atoms with Gasteiger partial charge in [0.1, 0.15) is 5.82 Å². The maximum atomic E-state index is 12.1. The lowest BCUT2D eigenvalue weighted by molar-refractivity contribution is -0.125. The molecule has 5 heteroatoms. The van der Waals surface area contributed by atoms with Crippen LogP contribution >= 0.6 is 0 Å². The first kappa shape index (κ1) is 14.8. The van der Waals surface area contributed by atoms with Gasteiger partial charge in [-0.1, -0.05) is 19.4 Å². The topological polar surface area (TPSA) is 71.2 Å². The second-order valence-electron chi connectivity index (χ2n) is 5.53. The van der Waals surface area contributed by atoms with E-state index < -0.39 is 0 Å². The lowest BCUT2D eigenvalue weighted by Gasteiger charge is -2.28. The lowest BCUT2D eigenvalue weighted by Crippen LogP contribution is -2.39. The molecule has 0 spiro atoms. The normalized spacial score (nSPS) is 17.6. The summed E-state index contributed by atoms with van der Waals surface area (Å²) in [5.74, 6) is 0.571. The van der Waals surface area contributed by atoms with E-state index in [-0.39, 0.29) is 11.8 Å². The molecule has 1 aliphatic heterocycles. The summed E-state index contributed by atoms with van der Waals surface area (Å²) in [7, 11) is 0. The molecule has 1 aromatic heterocycles. The van der Waals surface area contributed by atoms with Gasteiger partial charge in [-0.25, -0.2) is 4.98 Å². The first-order valence-electron chi connectivity index (χ1n) is 7.36. The summed E-state index contributed by atoms with van der Waals surface area (Å²) in [6, 6.07) is 3.72. The molecular formula is C15H24N4O. The van der Waals surface area contributed by atoms with Crippen LogP contribution in [0.5, 0.6) is 0 Å². The minimum absolute atomic E-state index is 0.00555. The van der Waals surface area contributed by atoms with Gasteiger partial charge in [-0.15, -0.1) is 0 Å². The fraction of sp³-hybridized carbons (Fsp3) is 0.600. The van der Waals surface area contributed by atoms with E-state index in [9.17, 15) is 4.79 Å². The predicted molar refractivity (Wildman–Crippen MR) is 80.0 cm³/mol. The van der Waals surface area contributed by atoms with Gasteiger partial charge in [-0.3, -0.25) is 4.79 Å². The van der Waals surface area contributed by atoms with Crippen LogP contribution in [0.25, 0.3) is 0 Å². The monoisotopic (exact) mass is 276 g/mol. The number of hydrogen-bond acceptors (Lipinski definition) is 4. The summed E-state index contributed by atoms with van der Waals surface area (Å²) < 4.78 is 0. The summed E-state index contributed by atoms with van der Waals surface area (Å²) in [5, 5.41) is 2.94. The molecule has 0 aliphatic carbocycles. The van der Waals surface area contributed by atoms with Crippen molar-refractivity contribution < 1.29 is 4.79 Å². The molecule has 5 nitrogen and oxygen atoms in total. The van der Waals surface area contributed by atoms with E-state index >= 15 is 0 Å². The Bertz CT molecular complexity index is 443. The molecule has 3 N–H and O–H groups in total. The van der Waals surface area contributed by atoms with Crippen LogP contribution < -0.4 is 11.1 Å². The molecule has 0 saturated carbocycles. The van der Waals surface area contributed by atoms with Gasteiger partial charge in [-0.05, 0) is 32.0 Å². The minimum atomic E-state index is 0.00555. The number of carbonyl (C=O) groups is 1. The molecule has 1 unspecified atom stereocenters. The van der Waals surface area contributed by atoms with E-state index in [2.05, 4.69) is 15.2 Å². The van der Waals surface area contributed by atoms with Crippen molar-refractivity contribution >= 4 is 11.7 Å². The van der Waals surface area contributed by atoms with Crippen LogP contribution in [0, 0.1) is 5.92 Å². The average molecular weight is 276 g/mol. The number of nitrogen functional groups attached to an aromatic ring is 1. The number of rotatable bonds is 5. The first-order chi connectivity index (χ1) is 9.66. The van der Waals surface area contributed by atoms with Gasteiger partial charge in [0.05, 0.1) is 0 Å². The molecule has 1 aromatic rings. The van der Waals surface area contributed by atoms with Crippen LogP contribution in [0.2, 0.25) is 0 Å². The molecule has 0 bridgehead atoms. The van der Waals surface area contributed by atoms with Gasteiger partial charge in [-0.2, -0.15) is 0 Å². The second kappa shape index (κ2) is 7.24. The van der Waals surface area contributed by atoms with Gasteiger partial charge < -0.3 is 16.0 Å². The number of anilines is 1. The molecule has 1 amide bonds. The third-order valence-corrected chi connectivity index (χ3v) is 3.81. The number of nitrogens with one attached hydrogen (secondary N) is 1. The van der Waals surface area contributed by atoms with Crippen molar-refractivity contribution in [3.63, 3.8) is 0 Å². The Morgan fingerprint density at radius 1 is 1.45 bits per heavy atom. The van der Waals surface area contributed by atoms with E-state index in [1.807, 2.05) is 19.1 Å². The van der Waals surface area contributed by atoms with Crippen molar-refractivity contribution in [2.45, 2.75) is 32.7 Å². The molecular weight excluding hydrogens is 252 g/mol. The highest BCUT2D eigenvalue weighted by molar-refractivity contribution is 5.78. The molecule has 0 aromatic carbocycles. The van der Waals surface area contributed by atoms with Crippen LogP contribution in [0.15, 0.2) is 18.3 Å². The van der Waals surface area contributed by atoms with Gasteiger partial charge in [0.25, 0.3) is 0 Å². The number of carbonyl (C=O) groups excluding carboxylic acids is 1. The van der Waals surface area contributed by atoms with Gasteiger partial charge in [0, 0.05) is 30.8 Å². The number of likely N-dealkylation sites (tertiary alicyclic amines) is 1.